The number of aromatic amines is 1. The Labute approximate surface area is 51.1 Å². The summed E-state index contributed by atoms with van der Waals surface area (Å²) in [5.41, 5.74) is 0. The Bertz CT molecular complexity index is 64.0. The molecule has 0 atom stereocenters. The molecule has 0 aromatic carbocycles. The van der Waals surface area contributed by atoms with E-state index >= 15 is 0 Å². The molecule has 0 unspecified atom stereocenters. The maximum absolute atomic E-state index is 3.38. The molecule has 0 saturated heterocycles. The van der Waals surface area contributed by atoms with Crippen LogP contribution in [0.3, 0.4) is 0 Å². The second-order valence-corrected chi connectivity index (χ2v) is 0.560. The Morgan fingerprint density at radius 2 is 2.33 bits per heavy atom. The number of rotatable bonds is 0. The SMILES string of the molecule is [Te].c1nn[nH]n1. The van der Waals surface area contributed by atoms with Crippen molar-refractivity contribution in [3.8, 4) is 0 Å². The van der Waals surface area contributed by atoms with Crippen LogP contribution in [0.5, 0.6) is 0 Å². The molecule has 1 aromatic rings. The molecule has 32 valence electrons. The van der Waals surface area contributed by atoms with Crippen molar-refractivity contribution >= 4 is 23.7 Å². The van der Waals surface area contributed by atoms with Gasteiger partial charge in [-0.1, -0.05) is 5.21 Å². The molecular weight excluding hydrogens is 196 g/mol. The quantitative estimate of drug-likeness (QED) is 0.533. The number of nitrogens with one attached hydrogen (secondary N) is 1. The first-order chi connectivity index (χ1) is 2.50. The summed E-state index contributed by atoms with van der Waals surface area (Å²) in [6, 6.07) is 0. The number of aromatic nitrogens is 4. The molecule has 0 amide bonds. The molecule has 5 heteroatoms. The molecule has 0 aliphatic rings. The minimum Gasteiger partial charge on any atom is -0.177 e. The molecule has 2 radical (unpaired) electrons. The minimum absolute atomic E-state index is 0. The van der Waals surface area contributed by atoms with E-state index in [1.54, 1.807) is 0 Å². The molecule has 0 saturated carbocycles. The zero-order chi connectivity index (χ0) is 3.54. The summed E-state index contributed by atoms with van der Waals surface area (Å²) in [6.45, 7) is 0. The Kier molecular flexibility index (Phi) is 2.99. The van der Waals surface area contributed by atoms with Gasteiger partial charge >= 0.3 is 0 Å². The normalized spacial score (nSPS) is 6.67. The van der Waals surface area contributed by atoms with E-state index in [1.165, 1.54) is 6.33 Å². The predicted octanol–water partition coefficient (Wildman–Crippen LogP) is -1.18. The van der Waals surface area contributed by atoms with Gasteiger partial charge in [0.05, 0.1) is 0 Å². The fraction of sp³-hybridized carbons (Fsp3) is 0. The summed E-state index contributed by atoms with van der Waals surface area (Å²) in [4.78, 5) is 0. The van der Waals surface area contributed by atoms with E-state index in [-0.39, 0.29) is 23.7 Å². The van der Waals surface area contributed by atoms with Gasteiger partial charge in [0.1, 0.15) is 0 Å². The van der Waals surface area contributed by atoms with Gasteiger partial charge in [-0.05, 0) is 0 Å². The van der Waals surface area contributed by atoms with E-state index in [0.717, 1.165) is 0 Å². The maximum atomic E-state index is 3.38. The summed E-state index contributed by atoms with van der Waals surface area (Å²) in [7, 11) is 0. The Hall–Kier alpha value is -0.140. The summed E-state index contributed by atoms with van der Waals surface area (Å²) in [6.07, 6.45) is 1.33. The van der Waals surface area contributed by atoms with Crippen LogP contribution in [0.25, 0.3) is 0 Å². The van der Waals surface area contributed by atoms with Crippen LogP contribution in [-0.4, -0.2) is 44.3 Å². The van der Waals surface area contributed by atoms with Crippen molar-refractivity contribution in [2.45, 2.75) is 0 Å². The average molecular weight is 198 g/mol. The Balaban J connectivity index is 0.000000250. The molecule has 1 aromatic heterocycles. The monoisotopic (exact) mass is 200 g/mol. The third-order valence-electron chi connectivity index (χ3n) is 0.270. The van der Waals surface area contributed by atoms with E-state index in [4.69, 9.17) is 0 Å². The molecule has 0 fully saturated rings. The number of nitrogens with zero attached hydrogens (tertiary/aromatic N) is 3. The molecule has 6 heavy (non-hydrogen) atoms. The third-order valence-corrected chi connectivity index (χ3v) is 0.270. The third kappa shape index (κ3) is 1.34. The Morgan fingerprint density at radius 3 is 2.50 bits per heavy atom. The number of tetrazole rings is 1. The summed E-state index contributed by atoms with van der Waals surface area (Å²) in [5.74, 6) is 0. The first-order valence-electron chi connectivity index (χ1n) is 1.16. The van der Waals surface area contributed by atoms with Crippen molar-refractivity contribution in [2.24, 2.45) is 0 Å². The molecule has 4 nitrogen and oxygen atoms in total. The van der Waals surface area contributed by atoms with Crippen LogP contribution in [0.2, 0.25) is 0 Å². The van der Waals surface area contributed by atoms with Crippen molar-refractivity contribution in [1.82, 2.24) is 20.6 Å². The van der Waals surface area contributed by atoms with Crippen molar-refractivity contribution < 1.29 is 0 Å². The van der Waals surface area contributed by atoms with Crippen LogP contribution in [0, 0.1) is 0 Å². The molecule has 0 aliphatic carbocycles. The van der Waals surface area contributed by atoms with Crippen molar-refractivity contribution in [3.05, 3.63) is 6.33 Å². The van der Waals surface area contributed by atoms with Gasteiger partial charge in [-0.2, -0.15) is 5.21 Å². The van der Waals surface area contributed by atoms with Crippen molar-refractivity contribution in [3.63, 3.8) is 0 Å². The van der Waals surface area contributed by atoms with Crippen LogP contribution >= 0.6 is 0 Å². The summed E-state index contributed by atoms with van der Waals surface area (Å²) in [5, 5.41) is 12.2. The zero-order valence-corrected chi connectivity index (χ0v) is 5.16. The zero-order valence-electron chi connectivity index (χ0n) is 2.83. The van der Waals surface area contributed by atoms with Gasteiger partial charge in [-0.25, -0.2) is 0 Å². The van der Waals surface area contributed by atoms with Gasteiger partial charge in [0.2, 0.25) is 0 Å². The second-order valence-electron chi connectivity index (χ2n) is 0.560. The van der Waals surface area contributed by atoms with E-state index in [2.05, 4.69) is 20.6 Å². The van der Waals surface area contributed by atoms with Gasteiger partial charge in [0.25, 0.3) is 0 Å². The average Bonchev–Trinajstić information content (AvgIpc) is 1.76. The molecule has 0 bridgehead atoms. The maximum Gasteiger partial charge on any atom is 0.161 e. The minimum atomic E-state index is 0. The van der Waals surface area contributed by atoms with Gasteiger partial charge < -0.3 is 0 Å². The van der Waals surface area contributed by atoms with Crippen molar-refractivity contribution in [2.75, 3.05) is 0 Å². The first-order valence-corrected chi connectivity index (χ1v) is 1.16. The smallest absolute Gasteiger partial charge is 0.161 e. The standard InChI is InChI=1S/CH2N4.Te/c1-2-4-5-3-1;/h1H,(H,2,3,4,5);. The fourth-order valence-corrected chi connectivity index (χ4v) is 0.129. The van der Waals surface area contributed by atoms with E-state index < -0.39 is 0 Å². The topological polar surface area (TPSA) is 54.5 Å². The largest absolute Gasteiger partial charge is 0.177 e. The van der Waals surface area contributed by atoms with E-state index in [1.807, 2.05) is 0 Å². The molecule has 1 N–H and O–H groups in total. The molecule has 0 aliphatic heterocycles. The van der Waals surface area contributed by atoms with Gasteiger partial charge in [-0.3, -0.25) is 0 Å². The molecular formula is CH2N4Te. The summed E-state index contributed by atoms with van der Waals surface area (Å²) >= 11 is 0. The Morgan fingerprint density at radius 1 is 1.50 bits per heavy atom. The second kappa shape index (κ2) is 3.07. The van der Waals surface area contributed by atoms with Crippen LogP contribution in [0.15, 0.2) is 6.33 Å². The first kappa shape index (κ1) is 5.86. The molecule has 1 heterocycles. The summed E-state index contributed by atoms with van der Waals surface area (Å²) < 4.78 is 0. The predicted molar refractivity (Wildman–Crippen MR) is 19.9 cm³/mol. The van der Waals surface area contributed by atoms with Crippen LogP contribution in [0.1, 0.15) is 0 Å². The van der Waals surface area contributed by atoms with E-state index in [9.17, 15) is 0 Å². The van der Waals surface area contributed by atoms with Gasteiger partial charge in [0, 0.05) is 23.7 Å². The van der Waals surface area contributed by atoms with Gasteiger partial charge in [0.15, 0.2) is 6.33 Å². The molecule has 1 rings (SSSR count). The van der Waals surface area contributed by atoms with Gasteiger partial charge in [-0.15, -0.1) is 10.2 Å². The van der Waals surface area contributed by atoms with Crippen LogP contribution in [0.4, 0.5) is 0 Å². The number of H-pyrrole nitrogens is 1. The van der Waals surface area contributed by atoms with Crippen LogP contribution < -0.4 is 0 Å². The van der Waals surface area contributed by atoms with Crippen molar-refractivity contribution in [1.29, 1.82) is 0 Å². The fourth-order valence-electron chi connectivity index (χ4n) is 0.129. The van der Waals surface area contributed by atoms with E-state index in [0.29, 0.717) is 0 Å². The number of hydrogen-bond acceptors (Lipinski definition) is 3. The number of hydrogen-bond donors (Lipinski definition) is 1. The van der Waals surface area contributed by atoms with Crippen LogP contribution in [-0.2, 0) is 0 Å². The molecule has 0 spiro atoms.